The van der Waals surface area contributed by atoms with E-state index in [1.807, 2.05) is 0 Å². The lowest BCUT2D eigenvalue weighted by Crippen LogP contribution is -2.24. The monoisotopic (exact) mass is 471 g/mol. The Kier molecular flexibility index (Phi) is 6.86. The summed E-state index contributed by atoms with van der Waals surface area (Å²) >= 11 is 2.85. The summed E-state index contributed by atoms with van der Waals surface area (Å²) in [6.07, 6.45) is 5.86. The highest BCUT2D eigenvalue weighted by Crippen LogP contribution is 2.35. The number of rotatable bonds is 8. The summed E-state index contributed by atoms with van der Waals surface area (Å²) < 4.78 is 12.2. The van der Waals surface area contributed by atoms with Crippen molar-refractivity contribution in [1.82, 2.24) is 9.55 Å². The molecule has 0 radical (unpaired) electrons. The normalized spacial score (nSPS) is 12.9. The van der Waals surface area contributed by atoms with Crippen molar-refractivity contribution in [3.8, 4) is 11.5 Å². The second-order valence-corrected chi connectivity index (χ2v) is 9.42. The SMILES string of the molecule is C=CCn1c(SCC(=O)Nc2cc(OC)ccc2OC)nc2sc3c(c2c1=O)CCCC3. The van der Waals surface area contributed by atoms with Gasteiger partial charge in [0.25, 0.3) is 5.56 Å². The molecule has 7 nitrogen and oxygen atoms in total. The summed E-state index contributed by atoms with van der Waals surface area (Å²) in [5, 5.41) is 4.11. The molecule has 0 bridgehead atoms. The number of thioether (sulfide) groups is 1. The highest BCUT2D eigenvalue weighted by molar-refractivity contribution is 7.99. The molecule has 1 aliphatic carbocycles. The number of hydrogen-bond donors (Lipinski definition) is 1. The molecule has 4 rings (SSSR count). The largest absolute Gasteiger partial charge is 0.497 e. The fourth-order valence-corrected chi connectivity index (χ4v) is 5.96. The number of carbonyl (C=O) groups excluding carboxylic acids is 1. The van der Waals surface area contributed by atoms with Gasteiger partial charge in [-0.2, -0.15) is 0 Å². The first-order valence-electron chi connectivity index (χ1n) is 10.4. The Morgan fingerprint density at radius 1 is 1.31 bits per heavy atom. The maximum atomic E-state index is 13.3. The van der Waals surface area contributed by atoms with Crippen LogP contribution >= 0.6 is 23.1 Å². The highest BCUT2D eigenvalue weighted by atomic mass is 32.2. The Labute approximate surface area is 194 Å². The summed E-state index contributed by atoms with van der Waals surface area (Å²) in [6, 6.07) is 5.20. The van der Waals surface area contributed by atoms with E-state index in [0.717, 1.165) is 41.5 Å². The number of anilines is 1. The molecule has 3 aromatic rings. The standard InChI is InChI=1S/C23H25N3O4S2/c1-4-11-26-22(28)20-15-7-5-6-8-18(15)32-21(20)25-23(26)31-13-19(27)24-16-12-14(29-2)9-10-17(16)30-3/h4,9-10,12H,1,5-8,11,13H2,2-3H3,(H,24,27). The number of thiophene rings is 1. The predicted octanol–water partition coefficient (Wildman–Crippen LogP) is 4.27. The van der Waals surface area contributed by atoms with E-state index in [2.05, 4.69) is 11.9 Å². The van der Waals surface area contributed by atoms with Gasteiger partial charge < -0.3 is 14.8 Å². The van der Waals surface area contributed by atoms with Gasteiger partial charge in [0, 0.05) is 17.5 Å². The number of nitrogens with one attached hydrogen (secondary N) is 1. The van der Waals surface area contributed by atoms with Crippen molar-refractivity contribution in [3.63, 3.8) is 0 Å². The van der Waals surface area contributed by atoms with Gasteiger partial charge in [0.2, 0.25) is 5.91 Å². The summed E-state index contributed by atoms with van der Waals surface area (Å²) in [6.45, 7) is 4.13. The quantitative estimate of drug-likeness (QED) is 0.300. The molecule has 0 fully saturated rings. The molecule has 0 unspecified atom stereocenters. The number of methoxy groups -OCH3 is 2. The predicted molar refractivity (Wildman–Crippen MR) is 130 cm³/mol. The van der Waals surface area contributed by atoms with E-state index in [1.165, 1.54) is 16.6 Å². The third-order valence-electron chi connectivity index (χ3n) is 5.36. The number of fused-ring (bicyclic) bond motifs is 3. The van der Waals surface area contributed by atoms with Crippen molar-refractivity contribution < 1.29 is 14.3 Å². The topological polar surface area (TPSA) is 82.5 Å². The van der Waals surface area contributed by atoms with E-state index in [0.29, 0.717) is 28.9 Å². The van der Waals surface area contributed by atoms with Crippen LogP contribution in [0.2, 0.25) is 0 Å². The van der Waals surface area contributed by atoms with Crippen molar-refractivity contribution in [2.75, 3.05) is 25.3 Å². The van der Waals surface area contributed by atoms with Crippen LogP contribution in [-0.4, -0.2) is 35.4 Å². The summed E-state index contributed by atoms with van der Waals surface area (Å²) in [7, 11) is 3.10. The van der Waals surface area contributed by atoms with Gasteiger partial charge in [-0.1, -0.05) is 17.8 Å². The molecular weight excluding hydrogens is 446 g/mol. The average Bonchev–Trinajstić information content (AvgIpc) is 3.18. The molecule has 1 amide bonds. The Hall–Kier alpha value is -2.78. The highest BCUT2D eigenvalue weighted by Gasteiger charge is 2.22. The molecular formula is C23H25N3O4S2. The van der Waals surface area contributed by atoms with E-state index in [9.17, 15) is 9.59 Å². The first-order chi connectivity index (χ1) is 15.5. The molecule has 168 valence electrons. The van der Waals surface area contributed by atoms with Gasteiger partial charge in [-0.3, -0.25) is 14.2 Å². The molecule has 0 aliphatic heterocycles. The molecule has 1 aromatic carbocycles. The van der Waals surface area contributed by atoms with E-state index in [1.54, 1.807) is 54.4 Å². The number of amides is 1. The molecule has 0 atom stereocenters. The number of aryl methyl sites for hydroxylation is 2. The summed E-state index contributed by atoms with van der Waals surface area (Å²) in [5.74, 6) is 1.02. The molecule has 2 aromatic heterocycles. The molecule has 0 spiro atoms. The van der Waals surface area contributed by atoms with Gasteiger partial charge in [0.05, 0.1) is 31.0 Å². The van der Waals surface area contributed by atoms with Crippen LogP contribution in [0.3, 0.4) is 0 Å². The third-order valence-corrected chi connectivity index (χ3v) is 7.53. The van der Waals surface area contributed by atoms with Gasteiger partial charge in [-0.25, -0.2) is 4.98 Å². The maximum Gasteiger partial charge on any atom is 0.263 e. The second-order valence-electron chi connectivity index (χ2n) is 7.39. The van der Waals surface area contributed by atoms with Gasteiger partial charge in [0.1, 0.15) is 16.3 Å². The van der Waals surface area contributed by atoms with Crippen LogP contribution < -0.4 is 20.3 Å². The minimum Gasteiger partial charge on any atom is -0.497 e. The fourth-order valence-electron chi connectivity index (χ4n) is 3.85. The molecule has 0 saturated heterocycles. The van der Waals surface area contributed by atoms with E-state index < -0.39 is 0 Å². The number of nitrogens with zero attached hydrogens (tertiary/aromatic N) is 2. The minimum atomic E-state index is -0.230. The number of hydrogen-bond acceptors (Lipinski definition) is 7. The van der Waals surface area contributed by atoms with Crippen molar-refractivity contribution >= 4 is 44.9 Å². The van der Waals surface area contributed by atoms with Gasteiger partial charge in [-0.05, 0) is 43.4 Å². The van der Waals surface area contributed by atoms with Crippen LogP contribution in [0.1, 0.15) is 23.3 Å². The second kappa shape index (κ2) is 9.79. The number of allylic oxidation sites excluding steroid dienone is 1. The smallest absolute Gasteiger partial charge is 0.263 e. The zero-order valence-electron chi connectivity index (χ0n) is 18.1. The lowest BCUT2D eigenvalue weighted by atomic mass is 9.97. The van der Waals surface area contributed by atoms with Crippen LogP contribution in [0.25, 0.3) is 10.2 Å². The lowest BCUT2D eigenvalue weighted by Gasteiger charge is -2.13. The number of ether oxygens (including phenoxy) is 2. The molecule has 0 saturated carbocycles. The third kappa shape index (κ3) is 4.40. The van der Waals surface area contributed by atoms with E-state index in [-0.39, 0.29) is 17.2 Å². The Bertz CT molecular complexity index is 1230. The van der Waals surface area contributed by atoms with Crippen LogP contribution in [0.4, 0.5) is 5.69 Å². The van der Waals surface area contributed by atoms with Crippen LogP contribution in [-0.2, 0) is 24.2 Å². The molecule has 9 heteroatoms. The average molecular weight is 472 g/mol. The maximum absolute atomic E-state index is 13.3. The molecule has 32 heavy (non-hydrogen) atoms. The van der Waals surface area contributed by atoms with E-state index >= 15 is 0 Å². The Balaban J connectivity index is 1.59. The van der Waals surface area contributed by atoms with E-state index in [4.69, 9.17) is 14.5 Å². The summed E-state index contributed by atoms with van der Waals surface area (Å²) in [4.78, 5) is 32.8. The Morgan fingerprint density at radius 2 is 2.12 bits per heavy atom. The number of aromatic nitrogens is 2. The molecule has 1 aliphatic rings. The molecule has 1 N–H and O–H groups in total. The number of carbonyl (C=O) groups is 1. The lowest BCUT2D eigenvalue weighted by molar-refractivity contribution is -0.113. The van der Waals surface area contributed by atoms with Crippen LogP contribution in [0, 0.1) is 0 Å². The first-order valence-corrected chi connectivity index (χ1v) is 12.2. The van der Waals surface area contributed by atoms with Gasteiger partial charge in [0.15, 0.2) is 5.16 Å². The van der Waals surface area contributed by atoms with Gasteiger partial charge >= 0.3 is 0 Å². The van der Waals surface area contributed by atoms with Crippen molar-refractivity contribution in [1.29, 1.82) is 0 Å². The Morgan fingerprint density at radius 3 is 2.88 bits per heavy atom. The zero-order chi connectivity index (χ0) is 22.7. The van der Waals surface area contributed by atoms with Crippen molar-refractivity contribution in [2.45, 2.75) is 37.4 Å². The first kappa shape index (κ1) is 22.4. The zero-order valence-corrected chi connectivity index (χ0v) is 19.7. The van der Waals surface area contributed by atoms with Gasteiger partial charge in [-0.15, -0.1) is 17.9 Å². The summed E-state index contributed by atoms with van der Waals surface area (Å²) in [5.41, 5.74) is 1.63. The van der Waals surface area contributed by atoms with Crippen LogP contribution in [0.15, 0.2) is 40.8 Å². The number of benzene rings is 1. The fraction of sp³-hybridized carbons (Fsp3) is 0.348. The molecule has 2 heterocycles. The minimum absolute atomic E-state index is 0.0494. The van der Waals surface area contributed by atoms with Crippen molar-refractivity contribution in [3.05, 3.63) is 51.6 Å². The van der Waals surface area contributed by atoms with Crippen LogP contribution in [0.5, 0.6) is 11.5 Å². The van der Waals surface area contributed by atoms with Crippen molar-refractivity contribution in [2.24, 2.45) is 0 Å².